The summed E-state index contributed by atoms with van der Waals surface area (Å²) in [7, 11) is 1.84. The number of rotatable bonds is 6. The Morgan fingerprint density at radius 2 is 2.00 bits per heavy atom. The van der Waals surface area contributed by atoms with Crippen LogP contribution in [0.4, 0.5) is 0 Å². The molecule has 2 rings (SSSR count). The van der Waals surface area contributed by atoms with E-state index in [0.29, 0.717) is 17.4 Å². The summed E-state index contributed by atoms with van der Waals surface area (Å²) >= 11 is 2.02. The van der Waals surface area contributed by atoms with Gasteiger partial charge in [-0.15, -0.1) is 11.8 Å². The fourth-order valence-corrected chi connectivity index (χ4v) is 3.90. The van der Waals surface area contributed by atoms with E-state index in [4.69, 9.17) is 4.74 Å². The first-order chi connectivity index (χ1) is 9.67. The minimum absolute atomic E-state index is 0.468. The van der Waals surface area contributed by atoms with E-state index in [0.717, 1.165) is 6.54 Å². The molecule has 1 N–H and O–H groups in total. The van der Waals surface area contributed by atoms with Crippen molar-refractivity contribution in [3.8, 4) is 0 Å². The zero-order valence-electron chi connectivity index (χ0n) is 12.9. The summed E-state index contributed by atoms with van der Waals surface area (Å²) in [6, 6.07) is 9.55. The molecule has 1 aliphatic rings. The average molecular weight is 293 g/mol. The smallest absolute Gasteiger partial charge is 0.0582 e. The standard InChI is InChI=1S/C17H27NOS/c1-13(2)18-12-14-7-9-16(10-8-14)20-17-6-4-5-15(11-17)19-3/h7-10,13,15,17-18H,4-6,11-12H2,1-3H3. The van der Waals surface area contributed by atoms with E-state index in [1.165, 1.54) is 36.1 Å². The van der Waals surface area contributed by atoms with Gasteiger partial charge in [0.2, 0.25) is 0 Å². The Bertz CT molecular complexity index is 390. The van der Waals surface area contributed by atoms with E-state index < -0.39 is 0 Å². The molecule has 0 aliphatic heterocycles. The summed E-state index contributed by atoms with van der Waals surface area (Å²) in [4.78, 5) is 1.39. The Kier molecular flexibility index (Phi) is 6.40. The van der Waals surface area contributed by atoms with Gasteiger partial charge in [-0.1, -0.05) is 26.0 Å². The van der Waals surface area contributed by atoms with Gasteiger partial charge >= 0.3 is 0 Å². The minimum Gasteiger partial charge on any atom is -0.381 e. The lowest BCUT2D eigenvalue weighted by atomic mass is 9.97. The van der Waals surface area contributed by atoms with Crippen LogP contribution in [0.5, 0.6) is 0 Å². The molecule has 1 aromatic carbocycles. The predicted molar refractivity (Wildman–Crippen MR) is 87.3 cm³/mol. The van der Waals surface area contributed by atoms with Crippen molar-refractivity contribution in [2.24, 2.45) is 0 Å². The van der Waals surface area contributed by atoms with Crippen LogP contribution in [0.15, 0.2) is 29.2 Å². The predicted octanol–water partition coefficient (Wildman–Crippen LogP) is 4.23. The maximum atomic E-state index is 5.51. The second-order valence-electron chi connectivity index (χ2n) is 5.94. The van der Waals surface area contributed by atoms with Gasteiger partial charge in [0, 0.05) is 29.8 Å². The highest BCUT2D eigenvalue weighted by Crippen LogP contribution is 2.34. The van der Waals surface area contributed by atoms with Crippen LogP contribution >= 0.6 is 11.8 Å². The van der Waals surface area contributed by atoms with E-state index >= 15 is 0 Å². The Morgan fingerprint density at radius 1 is 1.25 bits per heavy atom. The van der Waals surface area contributed by atoms with Crippen LogP contribution in [-0.2, 0) is 11.3 Å². The van der Waals surface area contributed by atoms with Gasteiger partial charge in [-0.2, -0.15) is 0 Å². The quantitative estimate of drug-likeness (QED) is 0.848. The molecule has 1 aliphatic carbocycles. The van der Waals surface area contributed by atoms with Gasteiger partial charge in [0.1, 0.15) is 0 Å². The van der Waals surface area contributed by atoms with Crippen LogP contribution in [-0.4, -0.2) is 24.5 Å². The van der Waals surface area contributed by atoms with Gasteiger partial charge in [-0.25, -0.2) is 0 Å². The highest BCUT2D eigenvalue weighted by Gasteiger charge is 2.22. The van der Waals surface area contributed by atoms with Gasteiger partial charge in [0.15, 0.2) is 0 Å². The SMILES string of the molecule is COC1CCCC(Sc2ccc(CNC(C)C)cc2)C1. The molecule has 2 nitrogen and oxygen atoms in total. The zero-order valence-corrected chi connectivity index (χ0v) is 13.7. The molecule has 2 unspecified atom stereocenters. The van der Waals surface area contributed by atoms with Crippen molar-refractivity contribution < 1.29 is 4.74 Å². The van der Waals surface area contributed by atoms with Crippen molar-refractivity contribution >= 4 is 11.8 Å². The van der Waals surface area contributed by atoms with Crippen LogP contribution in [0.25, 0.3) is 0 Å². The van der Waals surface area contributed by atoms with Crippen LogP contribution in [0, 0.1) is 0 Å². The van der Waals surface area contributed by atoms with Crippen molar-refractivity contribution in [1.29, 1.82) is 0 Å². The van der Waals surface area contributed by atoms with Gasteiger partial charge in [0.25, 0.3) is 0 Å². The molecule has 0 aromatic heterocycles. The van der Waals surface area contributed by atoms with Gasteiger partial charge < -0.3 is 10.1 Å². The van der Waals surface area contributed by atoms with Crippen LogP contribution < -0.4 is 5.32 Å². The fraction of sp³-hybridized carbons (Fsp3) is 0.647. The Labute approximate surface area is 127 Å². The van der Waals surface area contributed by atoms with Gasteiger partial charge in [-0.05, 0) is 43.4 Å². The maximum Gasteiger partial charge on any atom is 0.0582 e. The largest absolute Gasteiger partial charge is 0.381 e. The molecule has 0 amide bonds. The summed E-state index contributed by atoms with van der Waals surface area (Å²) in [6.45, 7) is 5.32. The number of hydrogen-bond acceptors (Lipinski definition) is 3. The lowest BCUT2D eigenvalue weighted by molar-refractivity contribution is 0.0730. The third-order valence-corrected chi connectivity index (χ3v) is 5.16. The van der Waals surface area contributed by atoms with Crippen molar-refractivity contribution in [1.82, 2.24) is 5.32 Å². The summed E-state index contributed by atoms with van der Waals surface area (Å²) in [6.07, 6.45) is 5.51. The highest BCUT2D eigenvalue weighted by atomic mass is 32.2. The third-order valence-electron chi connectivity index (χ3n) is 3.85. The van der Waals surface area contributed by atoms with E-state index in [9.17, 15) is 0 Å². The molecule has 1 aromatic rings. The molecule has 1 fully saturated rings. The molecule has 2 atom stereocenters. The van der Waals surface area contributed by atoms with Crippen LogP contribution in [0.1, 0.15) is 45.1 Å². The number of benzene rings is 1. The third kappa shape index (κ3) is 5.12. The molecule has 0 heterocycles. The fourth-order valence-electron chi connectivity index (χ4n) is 2.62. The van der Waals surface area contributed by atoms with Gasteiger partial charge in [-0.3, -0.25) is 0 Å². The molecule has 0 spiro atoms. The van der Waals surface area contributed by atoms with E-state index in [-0.39, 0.29) is 0 Å². The first-order valence-electron chi connectivity index (χ1n) is 7.69. The monoisotopic (exact) mass is 293 g/mol. The molecule has 1 saturated carbocycles. The van der Waals surface area contributed by atoms with Crippen molar-refractivity contribution in [3.05, 3.63) is 29.8 Å². The number of thioether (sulfide) groups is 1. The molecular formula is C17H27NOS. The first-order valence-corrected chi connectivity index (χ1v) is 8.57. The maximum absolute atomic E-state index is 5.51. The topological polar surface area (TPSA) is 21.3 Å². The number of methoxy groups -OCH3 is 1. The van der Waals surface area contributed by atoms with Crippen LogP contribution in [0.2, 0.25) is 0 Å². The number of hydrogen-bond donors (Lipinski definition) is 1. The zero-order chi connectivity index (χ0) is 14.4. The van der Waals surface area contributed by atoms with E-state index in [1.54, 1.807) is 0 Å². The summed E-state index contributed by atoms with van der Waals surface area (Å²) in [5.41, 5.74) is 1.36. The van der Waals surface area contributed by atoms with E-state index in [2.05, 4.69) is 43.4 Å². The average Bonchev–Trinajstić information content (AvgIpc) is 2.47. The number of nitrogens with one attached hydrogen (secondary N) is 1. The van der Waals surface area contributed by atoms with Crippen molar-refractivity contribution in [2.75, 3.05) is 7.11 Å². The van der Waals surface area contributed by atoms with Crippen molar-refractivity contribution in [3.63, 3.8) is 0 Å². The normalized spacial score (nSPS) is 23.2. The second kappa shape index (κ2) is 8.06. The summed E-state index contributed by atoms with van der Waals surface area (Å²) in [5.74, 6) is 0. The Balaban J connectivity index is 1.83. The highest BCUT2D eigenvalue weighted by molar-refractivity contribution is 8.00. The number of ether oxygens (including phenoxy) is 1. The van der Waals surface area contributed by atoms with E-state index in [1.807, 2.05) is 18.9 Å². The molecular weight excluding hydrogens is 266 g/mol. The Hall–Kier alpha value is -0.510. The molecule has 112 valence electrons. The molecule has 3 heteroatoms. The minimum atomic E-state index is 0.468. The molecule has 0 radical (unpaired) electrons. The van der Waals surface area contributed by atoms with Crippen LogP contribution in [0.3, 0.4) is 0 Å². The molecule has 20 heavy (non-hydrogen) atoms. The Morgan fingerprint density at radius 3 is 2.65 bits per heavy atom. The first kappa shape index (κ1) is 15.9. The van der Waals surface area contributed by atoms with Gasteiger partial charge in [0.05, 0.1) is 6.10 Å². The summed E-state index contributed by atoms with van der Waals surface area (Å²) in [5, 5.41) is 4.17. The lowest BCUT2D eigenvalue weighted by Gasteiger charge is -2.27. The molecule has 0 saturated heterocycles. The summed E-state index contributed by atoms with van der Waals surface area (Å²) < 4.78 is 5.51. The lowest BCUT2D eigenvalue weighted by Crippen LogP contribution is -2.23. The molecule has 0 bridgehead atoms. The second-order valence-corrected chi connectivity index (χ2v) is 7.32. The van der Waals surface area contributed by atoms with Crippen molar-refractivity contribution in [2.45, 2.75) is 68.4 Å².